The van der Waals surface area contributed by atoms with E-state index in [4.69, 9.17) is 34.2 Å². The molecular formula is C63H53BBr2N6O7. The molecule has 0 amide bonds. The number of hydrogen-bond donors (Lipinski definition) is 4. The van der Waals surface area contributed by atoms with E-state index in [1.165, 1.54) is 7.11 Å². The zero-order valence-corrected chi connectivity index (χ0v) is 46.1. The fourth-order valence-electron chi connectivity index (χ4n) is 7.98. The second-order valence-electron chi connectivity index (χ2n) is 16.9. The first-order chi connectivity index (χ1) is 38.5. The number of phenolic OH excluding ortho intramolecular Hbond substituents is 2. The number of nitrogens with zero attached hydrogens (tertiary/aromatic N) is 6. The number of methoxy groups -OCH3 is 3. The van der Waals surface area contributed by atoms with Gasteiger partial charge in [-0.3, -0.25) is 0 Å². The van der Waals surface area contributed by atoms with Crippen LogP contribution in [-0.4, -0.2) is 78.6 Å². The molecule has 13 nitrogen and oxygen atoms in total. The zero-order valence-electron chi connectivity index (χ0n) is 43.0. The normalized spacial score (nSPS) is 10.3. The lowest BCUT2D eigenvalue weighted by molar-refractivity contribution is 0.403. The number of benzene rings is 5. The van der Waals surface area contributed by atoms with Crippen molar-refractivity contribution >= 4 is 44.4 Å². The van der Waals surface area contributed by atoms with Crippen molar-refractivity contribution in [3.05, 3.63) is 240 Å². The number of aromatic nitrogens is 6. The maximum Gasteiger partial charge on any atom is 0.492 e. The minimum absolute atomic E-state index is 0. The van der Waals surface area contributed by atoms with E-state index in [2.05, 4.69) is 51.8 Å². The molecule has 0 radical (unpaired) electrons. The molecule has 0 spiro atoms. The standard InChI is InChI=1S/C24H20N2O2.C22H16N2O2.C10H6Br2N2.C7H9BO3.H2/c1-27-23-15-5-3-9-17(23)19-11-7-13-21(25-19)22-14-8-12-20(26-22)18-10-4-6-16-24(18)28-2;25-21-13-3-1-7-15(21)17-9-5-11-19(23-17)20-12-6-10-18(24-20)16-8-2-4-14-22(16)26;11-9-5-1-3-7(13-9)8-4-2-6-10(12)14-8;1-11-7-5-3-2-4-6(7)8(9)10;/h3-16H,1-2H3;1-14,25-26H;1-6H;2-5,9-10H,1H3;1H/i;;;;1+1. The third kappa shape index (κ3) is 14.9. The highest BCUT2D eigenvalue weighted by molar-refractivity contribution is 9.10. The number of rotatable bonds is 11. The van der Waals surface area contributed by atoms with Gasteiger partial charge in [0, 0.05) is 29.1 Å². The summed E-state index contributed by atoms with van der Waals surface area (Å²) in [5, 5.41) is 37.8. The van der Waals surface area contributed by atoms with Crippen LogP contribution in [-0.2, 0) is 0 Å². The van der Waals surface area contributed by atoms with Gasteiger partial charge in [0.1, 0.15) is 38.0 Å². The van der Waals surface area contributed by atoms with E-state index < -0.39 is 7.12 Å². The van der Waals surface area contributed by atoms with Gasteiger partial charge >= 0.3 is 7.12 Å². The first-order valence-electron chi connectivity index (χ1n) is 24.5. The van der Waals surface area contributed by atoms with Crippen LogP contribution in [0.3, 0.4) is 0 Å². The van der Waals surface area contributed by atoms with Crippen LogP contribution >= 0.6 is 31.9 Å². The van der Waals surface area contributed by atoms with Crippen molar-refractivity contribution in [2.24, 2.45) is 0 Å². The van der Waals surface area contributed by atoms with E-state index in [1.807, 2.05) is 182 Å². The van der Waals surface area contributed by atoms with Crippen LogP contribution in [0.5, 0.6) is 28.7 Å². The molecule has 0 bridgehead atoms. The monoisotopic (exact) mass is 1180 g/mol. The van der Waals surface area contributed by atoms with Gasteiger partial charge in [0.2, 0.25) is 0 Å². The van der Waals surface area contributed by atoms with Gasteiger partial charge in [0.05, 0.1) is 78.3 Å². The molecule has 0 aliphatic heterocycles. The summed E-state index contributed by atoms with van der Waals surface area (Å²) in [6.45, 7) is 0. The first kappa shape index (κ1) is 56.2. The maximum atomic E-state index is 10.1. The fraction of sp³-hybridized carbons (Fsp3) is 0.0476. The molecule has 6 heterocycles. The Labute approximate surface area is 476 Å². The Morgan fingerprint density at radius 2 is 0.570 bits per heavy atom. The second-order valence-corrected chi connectivity index (χ2v) is 18.5. The third-order valence-corrected chi connectivity index (χ3v) is 12.6. The SMILES string of the molecule is Brc1cccc(-c2cccc(Br)n2)n1.COc1ccccc1-c1cccc(-c2cccc(-c3ccccc3OC)n2)n1.COc1ccccc1B(O)O.Oc1ccccc1-c1cccc(-c2cccc(-c3ccccc3O)n2)n1.[2HH]. The zero-order chi connectivity index (χ0) is 55.5. The Balaban J connectivity index is 0.000000163. The molecule has 0 fully saturated rings. The van der Waals surface area contributed by atoms with E-state index in [-0.39, 0.29) is 12.9 Å². The molecule has 4 N–H and O–H groups in total. The van der Waals surface area contributed by atoms with E-state index in [0.29, 0.717) is 45.1 Å². The number of phenols is 2. The second kappa shape index (κ2) is 27.8. The molecule has 394 valence electrons. The highest BCUT2D eigenvalue weighted by atomic mass is 79.9. The molecule has 6 aromatic heterocycles. The van der Waals surface area contributed by atoms with Gasteiger partial charge in [0.25, 0.3) is 0 Å². The first-order valence-corrected chi connectivity index (χ1v) is 26.1. The van der Waals surface area contributed by atoms with Crippen LogP contribution in [0.4, 0.5) is 0 Å². The topological polar surface area (TPSA) is 186 Å². The molecule has 79 heavy (non-hydrogen) atoms. The molecule has 5 aromatic carbocycles. The average Bonchev–Trinajstić information content (AvgIpc) is 3.51. The number of aromatic hydroxyl groups is 2. The molecule has 0 atom stereocenters. The summed E-state index contributed by atoms with van der Waals surface area (Å²) >= 11 is 6.65. The third-order valence-electron chi connectivity index (χ3n) is 11.8. The summed E-state index contributed by atoms with van der Waals surface area (Å²) < 4.78 is 17.5. The van der Waals surface area contributed by atoms with Crippen LogP contribution in [0.15, 0.2) is 240 Å². The number of pyridine rings is 6. The van der Waals surface area contributed by atoms with E-state index in [9.17, 15) is 10.2 Å². The fourth-order valence-corrected chi connectivity index (χ4v) is 8.67. The minimum atomic E-state index is -1.47. The maximum absolute atomic E-state index is 10.1. The number of ether oxygens (including phenoxy) is 3. The van der Waals surface area contributed by atoms with Crippen molar-refractivity contribution in [3.63, 3.8) is 0 Å². The van der Waals surface area contributed by atoms with E-state index >= 15 is 0 Å². The predicted octanol–water partition coefficient (Wildman–Crippen LogP) is 13.7. The number of halogens is 2. The van der Waals surface area contributed by atoms with Crippen LogP contribution in [0, 0.1) is 0 Å². The molecule has 0 saturated heterocycles. The molecular weight excluding hydrogens is 1120 g/mol. The Morgan fingerprint density at radius 1 is 0.304 bits per heavy atom. The highest BCUT2D eigenvalue weighted by Gasteiger charge is 2.16. The van der Waals surface area contributed by atoms with E-state index in [0.717, 1.165) is 66.0 Å². The quantitative estimate of drug-likeness (QED) is 0.0709. The lowest BCUT2D eigenvalue weighted by atomic mass is 9.80. The van der Waals surface area contributed by atoms with Gasteiger partial charge in [0.15, 0.2) is 0 Å². The Hall–Kier alpha value is -9.06. The summed E-state index contributed by atoms with van der Waals surface area (Å²) in [7, 11) is 3.36. The van der Waals surface area contributed by atoms with Gasteiger partial charge in [-0.15, -0.1) is 0 Å². The van der Waals surface area contributed by atoms with Crippen molar-refractivity contribution in [1.82, 2.24) is 29.9 Å². The number of hydrogen-bond acceptors (Lipinski definition) is 13. The summed E-state index contributed by atoms with van der Waals surface area (Å²) in [5.41, 5.74) is 11.4. The molecule has 0 aliphatic rings. The molecule has 11 rings (SSSR count). The van der Waals surface area contributed by atoms with Gasteiger partial charge in [-0.05, 0) is 159 Å². The largest absolute Gasteiger partial charge is 0.507 e. The Bertz CT molecular complexity index is 3590. The highest BCUT2D eigenvalue weighted by Crippen LogP contribution is 2.34. The smallest absolute Gasteiger partial charge is 0.492 e. The number of para-hydroxylation sites is 5. The Morgan fingerprint density at radius 3 is 0.886 bits per heavy atom. The van der Waals surface area contributed by atoms with Crippen molar-refractivity contribution in [2.75, 3.05) is 21.3 Å². The van der Waals surface area contributed by atoms with Crippen LogP contribution in [0.2, 0.25) is 0 Å². The Kier molecular flexibility index (Phi) is 19.8. The van der Waals surface area contributed by atoms with Crippen LogP contribution in [0.1, 0.15) is 1.43 Å². The van der Waals surface area contributed by atoms with Gasteiger partial charge in [-0.25, -0.2) is 29.9 Å². The molecule has 0 saturated carbocycles. The van der Waals surface area contributed by atoms with Crippen molar-refractivity contribution in [1.29, 1.82) is 0 Å². The summed E-state index contributed by atoms with van der Waals surface area (Å²) in [6.07, 6.45) is 0. The minimum Gasteiger partial charge on any atom is -0.507 e. The molecule has 0 aliphatic carbocycles. The summed E-state index contributed by atoms with van der Waals surface area (Å²) in [6, 6.07) is 71.3. The lowest BCUT2D eigenvalue weighted by Crippen LogP contribution is -2.30. The van der Waals surface area contributed by atoms with Crippen molar-refractivity contribution in [3.8, 4) is 108 Å². The summed E-state index contributed by atoms with van der Waals surface area (Å²) in [5.74, 6) is 2.45. The van der Waals surface area contributed by atoms with Crippen LogP contribution in [0.25, 0.3) is 79.2 Å². The molecule has 11 aromatic rings. The van der Waals surface area contributed by atoms with Crippen molar-refractivity contribution in [2.45, 2.75) is 0 Å². The average molecular weight is 1180 g/mol. The molecule has 16 heteroatoms. The lowest BCUT2D eigenvalue weighted by Gasteiger charge is -2.10. The van der Waals surface area contributed by atoms with Gasteiger partial charge in [-0.1, -0.05) is 103 Å². The predicted molar refractivity (Wildman–Crippen MR) is 321 cm³/mol. The van der Waals surface area contributed by atoms with Gasteiger partial charge < -0.3 is 34.5 Å². The van der Waals surface area contributed by atoms with Crippen molar-refractivity contribution < 1.29 is 35.9 Å². The van der Waals surface area contributed by atoms with Crippen LogP contribution < -0.4 is 19.7 Å². The molecule has 0 unspecified atom stereocenters. The van der Waals surface area contributed by atoms with E-state index in [1.54, 1.807) is 62.8 Å². The summed E-state index contributed by atoms with van der Waals surface area (Å²) in [4.78, 5) is 27.6. The van der Waals surface area contributed by atoms with Gasteiger partial charge in [-0.2, -0.15) is 0 Å².